The summed E-state index contributed by atoms with van der Waals surface area (Å²) in [6.45, 7) is 4.68. The molecule has 0 saturated heterocycles. The fourth-order valence-electron chi connectivity index (χ4n) is 6.64. The number of rotatable bonds is 9. The molecular formula is C35H43N2+. The number of hydrogen-bond donors (Lipinski definition) is 0. The molecule has 0 bridgehead atoms. The van der Waals surface area contributed by atoms with Gasteiger partial charge in [0.2, 0.25) is 0 Å². The van der Waals surface area contributed by atoms with Crippen LogP contribution < -0.4 is 4.57 Å². The highest BCUT2D eigenvalue weighted by molar-refractivity contribution is 5.75. The number of aromatic nitrogens is 2. The van der Waals surface area contributed by atoms with Crippen molar-refractivity contribution in [1.29, 1.82) is 0 Å². The number of benzene rings is 3. The van der Waals surface area contributed by atoms with E-state index in [0.29, 0.717) is 11.8 Å². The summed E-state index contributed by atoms with van der Waals surface area (Å²) < 4.78 is 4.84. The van der Waals surface area contributed by atoms with Crippen molar-refractivity contribution in [3.63, 3.8) is 0 Å². The van der Waals surface area contributed by atoms with Crippen molar-refractivity contribution in [2.24, 2.45) is 7.05 Å². The van der Waals surface area contributed by atoms with Crippen LogP contribution >= 0.6 is 0 Å². The van der Waals surface area contributed by atoms with Gasteiger partial charge in [-0.05, 0) is 60.8 Å². The first-order chi connectivity index (χ1) is 18.2. The number of imidazole rings is 1. The van der Waals surface area contributed by atoms with Crippen molar-refractivity contribution < 1.29 is 4.57 Å². The second-order valence-corrected chi connectivity index (χ2v) is 10.9. The molecule has 0 unspecified atom stereocenters. The summed E-state index contributed by atoms with van der Waals surface area (Å²) in [4.78, 5) is 0. The highest BCUT2D eigenvalue weighted by Crippen LogP contribution is 2.46. The summed E-state index contributed by atoms with van der Waals surface area (Å²) in [5.74, 6) is 2.43. The minimum absolute atomic E-state index is 0.577. The number of aryl methyl sites for hydroxylation is 1. The Balaban J connectivity index is 1.84. The van der Waals surface area contributed by atoms with Crippen LogP contribution in [0.2, 0.25) is 0 Å². The molecule has 1 aliphatic rings. The highest BCUT2D eigenvalue weighted by Gasteiger charge is 2.32. The quantitative estimate of drug-likeness (QED) is 0.206. The Morgan fingerprint density at radius 1 is 0.784 bits per heavy atom. The molecule has 1 aromatic heterocycles. The predicted molar refractivity (Wildman–Crippen MR) is 156 cm³/mol. The van der Waals surface area contributed by atoms with E-state index < -0.39 is 0 Å². The number of nitrogens with zero attached hydrogens (tertiary/aromatic N) is 2. The van der Waals surface area contributed by atoms with Gasteiger partial charge in [0.15, 0.2) is 0 Å². The first-order valence-electron chi connectivity index (χ1n) is 14.6. The van der Waals surface area contributed by atoms with Crippen LogP contribution in [0, 0.1) is 0 Å². The third-order valence-corrected chi connectivity index (χ3v) is 8.34. The largest absolute Gasteiger partial charge is 0.293 e. The highest BCUT2D eigenvalue weighted by atomic mass is 15.1. The Hall–Kier alpha value is -3.13. The molecule has 192 valence electrons. The van der Waals surface area contributed by atoms with E-state index >= 15 is 0 Å². The van der Waals surface area contributed by atoms with Crippen molar-refractivity contribution in [2.75, 3.05) is 0 Å². The fraction of sp³-hybridized carbons (Fsp3) is 0.400. The maximum absolute atomic E-state index is 2.54. The normalized spacial score (nSPS) is 14.4. The van der Waals surface area contributed by atoms with E-state index in [-0.39, 0.29) is 0 Å². The molecule has 3 aromatic carbocycles. The van der Waals surface area contributed by atoms with Crippen LogP contribution in [0.15, 0.2) is 85.2 Å². The van der Waals surface area contributed by atoms with Gasteiger partial charge in [0.1, 0.15) is 18.1 Å². The lowest BCUT2D eigenvalue weighted by Crippen LogP contribution is -2.29. The van der Waals surface area contributed by atoms with E-state index in [4.69, 9.17) is 0 Å². The Kier molecular flexibility index (Phi) is 8.24. The van der Waals surface area contributed by atoms with Gasteiger partial charge in [0.05, 0.1) is 12.6 Å². The second-order valence-electron chi connectivity index (χ2n) is 10.9. The van der Waals surface area contributed by atoms with Gasteiger partial charge < -0.3 is 0 Å². The van der Waals surface area contributed by atoms with Crippen molar-refractivity contribution >= 4 is 0 Å². The second kappa shape index (κ2) is 11.9. The lowest BCUT2D eigenvalue weighted by molar-refractivity contribution is -0.659. The van der Waals surface area contributed by atoms with Gasteiger partial charge in [-0.3, -0.25) is 0 Å². The molecule has 1 heterocycles. The van der Waals surface area contributed by atoms with Crippen LogP contribution in [0.4, 0.5) is 0 Å². The van der Waals surface area contributed by atoms with E-state index in [2.05, 4.69) is 115 Å². The Morgan fingerprint density at radius 2 is 1.41 bits per heavy atom. The number of hydrogen-bond acceptors (Lipinski definition) is 0. The Bertz CT molecular complexity index is 1270. The predicted octanol–water partition coefficient (Wildman–Crippen LogP) is 9.37. The average Bonchev–Trinajstić information content (AvgIpc) is 3.34. The fourth-order valence-corrected chi connectivity index (χ4v) is 6.64. The molecule has 2 heteroatoms. The topological polar surface area (TPSA) is 8.81 Å². The lowest BCUT2D eigenvalue weighted by atomic mass is 9.77. The minimum atomic E-state index is 0.577. The SMILES string of the molecule is CCCC(CCC)c1ccc(-c2ccccc2)c(C2CCCCC2)c1-n1cc[n+](C)c1-c1ccccc1. The van der Waals surface area contributed by atoms with Crippen LogP contribution in [0.25, 0.3) is 28.2 Å². The van der Waals surface area contributed by atoms with Crippen molar-refractivity contribution in [3.05, 3.63) is 96.3 Å². The molecule has 0 N–H and O–H groups in total. The third kappa shape index (κ3) is 5.30. The molecule has 1 saturated carbocycles. The minimum Gasteiger partial charge on any atom is -0.232 e. The van der Waals surface area contributed by atoms with Crippen LogP contribution in [-0.4, -0.2) is 4.57 Å². The lowest BCUT2D eigenvalue weighted by Gasteiger charge is -2.29. The zero-order valence-corrected chi connectivity index (χ0v) is 23.0. The van der Waals surface area contributed by atoms with Crippen LogP contribution in [0.3, 0.4) is 0 Å². The van der Waals surface area contributed by atoms with E-state index in [0.717, 1.165) is 0 Å². The Labute approximate surface area is 224 Å². The summed E-state index contributed by atoms with van der Waals surface area (Å²) in [5, 5.41) is 0. The van der Waals surface area contributed by atoms with Crippen molar-refractivity contribution in [3.8, 4) is 28.2 Å². The van der Waals surface area contributed by atoms with E-state index in [1.807, 2.05) is 0 Å². The molecule has 0 aliphatic heterocycles. The van der Waals surface area contributed by atoms with Crippen LogP contribution in [0.1, 0.15) is 94.6 Å². The first kappa shape index (κ1) is 25.5. The standard InChI is InChI=1S/C35H43N2/c1-4-15-27(16-5-2)32-24-23-31(28-17-9-6-10-18-28)33(29-19-11-7-12-20-29)34(32)37-26-25-36(3)35(37)30-21-13-8-14-22-30/h6,8-10,13-14,17-18,21-27,29H,4-5,7,11-12,15-16,19-20H2,1-3H3/q+1. The molecule has 1 fully saturated rings. The molecule has 0 spiro atoms. The summed E-state index contributed by atoms with van der Waals surface area (Å²) in [7, 11) is 2.19. The maximum Gasteiger partial charge on any atom is 0.293 e. The van der Waals surface area contributed by atoms with Gasteiger partial charge in [0.25, 0.3) is 5.82 Å². The molecule has 4 aromatic rings. The zero-order chi connectivity index (χ0) is 25.6. The zero-order valence-electron chi connectivity index (χ0n) is 23.0. The van der Waals surface area contributed by atoms with Gasteiger partial charge in [-0.1, -0.05) is 107 Å². The first-order valence-corrected chi connectivity index (χ1v) is 14.6. The Morgan fingerprint density at radius 3 is 2.03 bits per heavy atom. The van der Waals surface area contributed by atoms with E-state index in [1.54, 1.807) is 5.56 Å². The van der Waals surface area contributed by atoms with Gasteiger partial charge >= 0.3 is 0 Å². The van der Waals surface area contributed by atoms with Gasteiger partial charge in [0, 0.05) is 11.1 Å². The van der Waals surface area contributed by atoms with Crippen molar-refractivity contribution in [2.45, 2.75) is 83.5 Å². The van der Waals surface area contributed by atoms with Gasteiger partial charge in [-0.25, -0.2) is 4.57 Å². The molecular weight excluding hydrogens is 448 g/mol. The maximum atomic E-state index is 2.54. The average molecular weight is 492 g/mol. The summed E-state index contributed by atoms with van der Waals surface area (Å²) in [6.07, 6.45) is 16.1. The summed E-state index contributed by atoms with van der Waals surface area (Å²) >= 11 is 0. The summed E-state index contributed by atoms with van der Waals surface area (Å²) in [5.41, 5.74) is 8.61. The molecule has 0 atom stereocenters. The molecule has 37 heavy (non-hydrogen) atoms. The molecule has 0 radical (unpaired) electrons. The van der Waals surface area contributed by atoms with Gasteiger partial charge in [-0.2, -0.15) is 4.57 Å². The van der Waals surface area contributed by atoms with Crippen molar-refractivity contribution in [1.82, 2.24) is 4.57 Å². The molecule has 0 amide bonds. The van der Waals surface area contributed by atoms with E-state index in [1.165, 1.54) is 91.6 Å². The smallest absolute Gasteiger partial charge is 0.232 e. The van der Waals surface area contributed by atoms with Gasteiger partial charge in [-0.15, -0.1) is 0 Å². The monoisotopic (exact) mass is 491 g/mol. The van der Waals surface area contributed by atoms with E-state index in [9.17, 15) is 0 Å². The molecule has 5 rings (SSSR count). The summed E-state index contributed by atoms with van der Waals surface area (Å²) in [6, 6.07) is 27.0. The molecule has 1 aliphatic carbocycles. The van der Waals surface area contributed by atoms with Crippen LogP contribution in [-0.2, 0) is 7.05 Å². The molecule has 2 nitrogen and oxygen atoms in total. The van der Waals surface area contributed by atoms with Crippen LogP contribution in [0.5, 0.6) is 0 Å². The third-order valence-electron chi connectivity index (χ3n) is 8.34.